The summed E-state index contributed by atoms with van der Waals surface area (Å²) >= 11 is 0. The highest BCUT2D eigenvalue weighted by Gasteiger charge is 2.23. The van der Waals surface area contributed by atoms with Crippen LogP contribution >= 0.6 is 0 Å². The molecule has 6 nitrogen and oxygen atoms in total. The minimum absolute atomic E-state index is 0.0684. The van der Waals surface area contributed by atoms with Gasteiger partial charge in [-0.25, -0.2) is 9.18 Å². The zero-order valence-electron chi connectivity index (χ0n) is 12.8. The first-order valence-electron chi connectivity index (χ1n) is 7.11. The van der Waals surface area contributed by atoms with E-state index in [9.17, 15) is 14.0 Å². The lowest BCUT2D eigenvalue weighted by Gasteiger charge is -2.24. The second-order valence-electron chi connectivity index (χ2n) is 5.55. The molecule has 0 radical (unpaired) electrons. The molecule has 1 N–H and O–H groups in total. The number of carbonyl (C=O) groups is 2. The number of rotatable bonds is 6. The fraction of sp³-hybridized carbons (Fsp3) is 0.312. The van der Waals surface area contributed by atoms with Crippen molar-refractivity contribution in [1.82, 2.24) is 10.1 Å². The van der Waals surface area contributed by atoms with Gasteiger partial charge < -0.3 is 14.5 Å². The molecule has 2 aromatic rings. The van der Waals surface area contributed by atoms with Crippen molar-refractivity contribution in [3.05, 3.63) is 53.2 Å². The van der Waals surface area contributed by atoms with E-state index in [1.165, 1.54) is 11.0 Å². The van der Waals surface area contributed by atoms with Gasteiger partial charge in [-0.3, -0.25) is 4.79 Å². The molecule has 2 rings (SSSR count). The number of nitrogens with zero attached hydrogens (tertiary/aromatic N) is 2. The van der Waals surface area contributed by atoms with Crippen molar-refractivity contribution in [3.8, 4) is 0 Å². The molecule has 7 heteroatoms. The van der Waals surface area contributed by atoms with Crippen LogP contribution in [0.3, 0.4) is 0 Å². The van der Waals surface area contributed by atoms with Crippen molar-refractivity contribution in [2.24, 2.45) is 5.92 Å². The molecule has 0 saturated heterocycles. The normalized spacial score (nSPS) is 10.8. The first-order chi connectivity index (χ1) is 10.9. The summed E-state index contributed by atoms with van der Waals surface area (Å²) in [5, 5.41) is 12.3. The number of amides is 1. The van der Waals surface area contributed by atoms with E-state index >= 15 is 0 Å². The monoisotopic (exact) mass is 320 g/mol. The molecular formula is C16H17FN2O4. The van der Waals surface area contributed by atoms with Gasteiger partial charge in [0.05, 0.1) is 0 Å². The van der Waals surface area contributed by atoms with Gasteiger partial charge in [0.15, 0.2) is 5.69 Å². The van der Waals surface area contributed by atoms with Crippen molar-refractivity contribution in [3.63, 3.8) is 0 Å². The molecule has 23 heavy (non-hydrogen) atoms. The lowest BCUT2D eigenvalue weighted by Crippen LogP contribution is -2.34. The van der Waals surface area contributed by atoms with Crippen molar-refractivity contribution in [2.45, 2.75) is 20.4 Å². The predicted molar refractivity (Wildman–Crippen MR) is 79.4 cm³/mol. The average Bonchev–Trinajstić information content (AvgIpc) is 2.97. The van der Waals surface area contributed by atoms with Gasteiger partial charge in [-0.1, -0.05) is 37.2 Å². The predicted octanol–water partition coefficient (Wildman–Crippen LogP) is 2.81. The van der Waals surface area contributed by atoms with E-state index < -0.39 is 23.5 Å². The van der Waals surface area contributed by atoms with E-state index in [4.69, 9.17) is 5.11 Å². The third-order valence-corrected chi connectivity index (χ3v) is 3.13. The number of carbonyl (C=O) groups excluding carboxylic acids is 1. The molecule has 0 fully saturated rings. The van der Waals surface area contributed by atoms with Gasteiger partial charge in [-0.05, 0) is 12.0 Å². The fourth-order valence-corrected chi connectivity index (χ4v) is 2.13. The summed E-state index contributed by atoms with van der Waals surface area (Å²) in [5.41, 5.74) is 0.267. The van der Waals surface area contributed by atoms with Crippen molar-refractivity contribution in [2.75, 3.05) is 6.54 Å². The number of hydrogen-bond donors (Lipinski definition) is 1. The van der Waals surface area contributed by atoms with E-state index in [2.05, 4.69) is 9.68 Å². The Kier molecular flexibility index (Phi) is 5.10. The first-order valence-corrected chi connectivity index (χ1v) is 7.11. The molecule has 0 aliphatic carbocycles. The second kappa shape index (κ2) is 7.04. The van der Waals surface area contributed by atoms with Crippen LogP contribution in [-0.4, -0.2) is 33.6 Å². The van der Waals surface area contributed by atoms with Crippen LogP contribution in [0.2, 0.25) is 0 Å². The molecule has 0 spiro atoms. The van der Waals surface area contributed by atoms with Crippen molar-refractivity contribution in [1.29, 1.82) is 0 Å². The van der Waals surface area contributed by atoms with Gasteiger partial charge >= 0.3 is 5.97 Å². The van der Waals surface area contributed by atoms with Gasteiger partial charge in [0.2, 0.25) is 5.76 Å². The van der Waals surface area contributed by atoms with Gasteiger partial charge in [0.25, 0.3) is 5.91 Å². The third kappa shape index (κ3) is 4.15. The molecule has 0 unspecified atom stereocenters. The van der Waals surface area contributed by atoms with Gasteiger partial charge in [-0.15, -0.1) is 0 Å². The Morgan fingerprint density at radius 1 is 1.35 bits per heavy atom. The standard InChI is InChI=1S/C16H17FN2O4/c1-10(2)8-19(9-11-5-3-4-6-12(11)17)15(20)13-7-14(16(21)22)23-18-13/h3-7,10H,8-9H2,1-2H3,(H,21,22). The topological polar surface area (TPSA) is 83.6 Å². The summed E-state index contributed by atoms with van der Waals surface area (Å²) in [5.74, 6) is -2.47. The fourth-order valence-electron chi connectivity index (χ4n) is 2.13. The first kappa shape index (κ1) is 16.7. The Hall–Kier alpha value is -2.70. The van der Waals surface area contributed by atoms with Crippen LogP contribution in [-0.2, 0) is 6.54 Å². The van der Waals surface area contributed by atoms with Crippen molar-refractivity contribution < 1.29 is 23.6 Å². The lowest BCUT2D eigenvalue weighted by atomic mass is 10.1. The summed E-state index contributed by atoms with van der Waals surface area (Å²) < 4.78 is 18.4. The van der Waals surface area contributed by atoms with Gasteiger partial charge in [0, 0.05) is 24.7 Å². The number of aromatic nitrogens is 1. The highest BCUT2D eigenvalue weighted by molar-refractivity contribution is 5.94. The maximum absolute atomic E-state index is 13.8. The van der Waals surface area contributed by atoms with Crippen LogP contribution in [0.25, 0.3) is 0 Å². The summed E-state index contributed by atoms with van der Waals surface area (Å²) in [6.45, 7) is 4.29. The Labute approximate surface area is 132 Å². The number of aromatic carboxylic acids is 1. The Bertz CT molecular complexity index is 712. The van der Waals surface area contributed by atoms with Crippen LogP contribution in [0.4, 0.5) is 4.39 Å². The maximum atomic E-state index is 13.8. The highest BCUT2D eigenvalue weighted by Crippen LogP contribution is 2.15. The van der Waals surface area contributed by atoms with Crippen LogP contribution < -0.4 is 0 Å². The number of hydrogen-bond acceptors (Lipinski definition) is 4. The number of halogens is 1. The third-order valence-electron chi connectivity index (χ3n) is 3.13. The zero-order valence-corrected chi connectivity index (χ0v) is 12.8. The molecular weight excluding hydrogens is 303 g/mol. The molecule has 0 atom stereocenters. The average molecular weight is 320 g/mol. The molecule has 122 valence electrons. The lowest BCUT2D eigenvalue weighted by molar-refractivity contribution is 0.0647. The summed E-state index contributed by atoms with van der Waals surface area (Å²) in [6.07, 6.45) is 0. The minimum atomic E-state index is -1.30. The van der Waals surface area contributed by atoms with Crippen LogP contribution in [0.15, 0.2) is 34.9 Å². The van der Waals surface area contributed by atoms with Gasteiger partial charge in [0.1, 0.15) is 5.82 Å². The smallest absolute Gasteiger partial charge is 0.374 e. The number of benzene rings is 1. The Balaban J connectivity index is 2.24. The number of carboxylic acid groups (broad SMARTS) is 1. The Morgan fingerprint density at radius 3 is 2.61 bits per heavy atom. The SMILES string of the molecule is CC(C)CN(Cc1ccccc1F)C(=O)c1cc(C(=O)O)on1. The molecule has 0 aliphatic rings. The van der Waals surface area contributed by atoms with E-state index in [1.807, 2.05) is 13.8 Å². The molecule has 1 heterocycles. The van der Waals surface area contributed by atoms with E-state index in [1.54, 1.807) is 18.2 Å². The highest BCUT2D eigenvalue weighted by atomic mass is 19.1. The minimum Gasteiger partial charge on any atom is -0.475 e. The molecule has 0 bridgehead atoms. The maximum Gasteiger partial charge on any atom is 0.374 e. The zero-order chi connectivity index (χ0) is 17.0. The molecule has 0 saturated carbocycles. The second-order valence-corrected chi connectivity index (χ2v) is 5.55. The summed E-state index contributed by atoms with van der Waals surface area (Å²) in [7, 11) is 0. The molecule has 0 aliphatic heterocycles. The molecule has 1 aromatic heterocycles. The summed E-state index contributed by atoms with van der Waals surface area (Å²) in [4.78, 5) is 24.8. The quantitative estimate of drug-likeness (QED) is 0.885. The van der Waals surface area contributed by atoms with Crippen LogP contribution in [0.5, 0.6) is 0 Å². The van der Waals surface area contributed by atoms with Crippen molar-refractivity contribution >= 4 is 11.9 Å². The van der Waals surface area contributed by atoms with E-state index in [0.717, 1.165) is 6.07 Å². The van der Waals surface area contributed by atoms with Crippen LogP contribution in [0, 0.1) is 11.7 Å². The van der Waals surface area contributed by atoms with E-state index in [-0.39, 0.29) is 18.2 Å². The molecule has 1 aromatic carbocycles. The summed E-state index contributed by atoms with van der Waals surface area (Å²) in [6, 6.07) is 7.26. The van der Waals surface area contributed by atoms with Gasteiger partial charge in [-0.2, -0.15) is 0 Å². The van der Waals surface area contributed by atoms with E-state index in [0.29, 0.717) is 12.1 Å². The largest absolute Gasteiger partial charge is 0.475 e. The number of carboxylic acids is 1. The molecule has 1 amide bonds. The van der Waals surface area contributed by atoms with Crippen LogP contribution in [0.1, 0.15) is 40.5 Å². The Morgan fingerprint density at radius 2 is 2.04 bits per heavy atom.